The van der Waals surface area contributed by atoms with Gasteiger partial charge in [0, 0.05) is 6.54 Å². The van der Waals surface area contributed by atoms with E-state index in [1.54, 1.807) is 6.92 Å². The van der Waals surface area contributed by atoms with E-state index in [-0.39, 0.29) is 12.5 Å². The number of amides is 1. The van der Waals surface area contributed by atoms with E-state index in [0.29, 0.717) is 32.6 Å². The fraction of sp³-hybridized carbons (Fsp3) is 0.818. The second-order valence-electron chi connectivity index (χ2n) is 4.61. The van der Waals surface area contributed by atoms with E-state index in [1.807, 2.05) is 0 Å². The third kappa shape index (κ3) is 2.14. The molecule has 2 aliphatic heterocycles. The summed E-state index contributed by atoms with van der Waals surface area (Å²) in [6.07, 6.45) is 0.546. The molecule has 0 radical (unpaired) electrons. The van der Waals surface area contributed by atoms with Crippen molar-refractivity contribution in [2.24, 2.45) is 0 Å². The Morgan fingerprint density at radius 2 is 2.18 bits per heavy atom. The largest absolute Gasteiger partial charge is 0.480 e. The molecule has 0 bridgehead atoms. The number of carbonyl (C=O) groups excluding carboxylic acids is 1. The van der Waals surface area contributed by atoms with Crippen LogP contribution in [0.4, 0.5) is 0 Å². The molecule has 2 heterocycles. The Hall–Kier alpha value is -1.14. The Balaban J connectivity index is 2.10. The topological polar surface area (TPSA) is 76.1 Å². The summed E-state index contributed by atoms with van der Waals surface area (Å²) in [6.45, 7) is 3.14. The number of rotatable bonds is 2. The lowest BCUT2D eigenvalue weighted by atomic mass is 9.99. The van der Waals surface area contributed by atoms with E-state index in [2.05, 4.69) is 0 Å². The normalized spacial score (nSPS) is 33.7. The van der Waals surface area contributed by atoms with Crippen molar-refractivity contribution in [2.75, 3.05) is 26.4 Å². The maximum atomic E-state index is 12.2. The molecule has 2 aliphatic rings. The first-order valence-electron chi connectivity index (χ1n) is 5.80. The number of hydrogen-bond donors (Lipinski definition) is 1. The molecule has 96 valence electrons. The Kier molecular flexibility index (Phi) is 3.35. The lowest BCUT2D eigenvalue weighted by Gasteiger charge is -2.34. The highest BCUT2D eigenvalue weighted by molar-refractivity contribution is 5.89. The number of nitrogens with zero attached hydrogens (tertiary/aromatic N) is 1. The molecule has 17 heavy (non-hydrogen) atoms. The van der Waals surface area contributed by atoms with Gasteiger partial charge < -0.3 is 19.5 Å². The van der Waals surface area contributed by atoms with Gasteiger partial charge in [0.25, 0.3) is 5.91 Å². The van der Waals surface area contributed by atoms with E-state index in [0.717, 1.165) is 0 Å². The summed E-state index contributed by atoms with van der Waals surface area (Å²) in [7, 11) is 0. The summed E-state index contributed by atoms with van der Waals surface area (Å²) in [5.74, 6) is -1.23. The molecule has 0 aromatic heterocycles. The van der Waals surface area contributed by atoms with Crippen molar-refractivity contribution in [2.45, 2.75) is 31.4 Å². The molecule has 2 rings (SSSR count). The summed E-state index contributed by atoms with van der Waals surface area (Å²) >= 11 is 0. The van der Waals surface area contributed by atoms with Gasteiger partial charge in [-0.25, -0.2) is 4.79 Å². The maximum Gasteiger partial charge on any atom is 0.329 e. The molecule has 2 atom stereocenters. The monoisotopic (exact) mass is 243 g/mol. The fourth-order valence-corrected chi connectivity index (χ4v) is 2.34. The van der Waals surface area contributed by atoms with Crippen LogP contribution in [0.2, 0.25) is 0 Å². The van der Waals surface area contributed by atoms with Gasteiger partial charge in [-0.2, -0.15) is 0 Å². The van der Waals surface area contributed by atoms with Gasteiger partial charge in [-0.05, 0) is 19.8 Å². The van der Waals surface area contributed by atoms with Crippen molar-refractivity contribution < 1.29 is 24.2 Å². The average molecular weight is 243 g/mol. The Morgan fingerprint density at radius 3 is 2.76 bits per heavy atom. The first-order valence-corrected chi connectivity index (χ1v) is 5.80. The number of carboxylic acid groups (broad SMARTS) is 1. The van der Waals surface area contributed by atoms with Crippen LogP contribution in [-0.2, 0) is 19.1 Å². The lowest BCUT2D eigenvalue weighted by molar-refractivity contribution is -0.168. The highest BCUT2D eigenvalue weighted by Gasteiger charge is 2.47. The zero-order valence-electron chi connectivity index (χ0n) is 9.85. The summed E-state index contributed by atoms with van der Waals surface area (Å²) in [6, 6.07) is 0. The predicted molar refractivity (Wildman–Crippen MR) is 57.5 cm³/mol. The van der Waals surface area contributed by atoms with Crippen LogP contribution >= 0.6 is 0 Å². The van der Waals surface area contributed by atoms with Crippen molar-refractivity contribution in [1.82, 2.24) is 4.90 Å². The number of aliphatic carboxylic acids is 1. The van der Waals surface area contributed by atoms with Gasteiger partial charge in [0.15, 0.2) is 6.10 Å². The number of ether oxygens (including phenoxy) is 2. The van der Waals surface area contributed by atoms with Crippen LogP contribution in [0, 0.1) is 0 Å². The van der Waals surface area contributed by atoms with Gasteiger partial charge in [0.1, 0.15) is 5.54 Å². The number of carboxylic acids is 1. The first kappa shape index (κ1) is 12.3. The Morgan fingerprint density at radius 1 is 1.41 bits per heavy atom. The molecule has 6 heteroatoms. The van der Waals surface area contributed by atoms with E-state index in [4.69, 9.17) is 9.47 Å². The minimum absolute atomic E-state index is 0.213. The van der Waals surface area contributed by atoms with Crippen molar-refractivity contribution in [3.63, 3.8) is 0 Å². The number of likely N-dealkylation sites (tertiary alicyclic amines) is 1. The van der Waals surface area contributed by atoms with Crippen LogP contribution in [0.5, 0.6) is 0 Å². The molecule has 0 spiro atoms. The van der Waals surface area contributed by atoms with Gasteiger partial charge in [-0.15, -0.1) is 0 Å². The van der Waals surface area contributed by atoms with Gasteiger partial charge in [-0.3, -0.25) is 4.79 Å². The summed E-state index contributed by atoms with van der Waals surface area (Å²) in [5, 5.41) is 9.22. The van der Waals surface area contributed by atoms with Crippen LogP contribution in [0.25, 0.3) is 0 Å². The molecule has 0 aromatic carbocycles. The van der Waals surface area contributed by atoms with Gasteiger partial charge in [0.2, 0.25) is 0 Å². The molecule has 2 fully saturated rings. The first-order chi connectivity index (χ1) is 8.05. The fourth-order valence-electron chi connectivity index (χ4n) is 2.34. The maximum absolute atomic E-state index is 12.2. The molecule has 1 N–H and O–H groups in total. The molecule has 2 saturated heterocycles. The van der Waals surface area contributed by atoms with Gasteiger partial charge >= 0.3 is 5.97 Å². The molecular formula is C11H17NO5. The van der Waals surface area contributed by atoms with Crippen molar-refractivity contribution in [3.05, 3.63) is 0 Å². The molecule has 0 saturated carbocycles. The Bertz CT molecular complexity index is 326. The zero-order valence-corrected chi connectivity index (χ0v) is 9.85. The van der Waals surface area contributed by atoms with E-state index in [9.17, 15) is 14.7 Å². The quantitative estimate of drug-likeness (QED) is 0.731. The third-order valence-corrected chi connectivity index (χ3v) is 3.46. The zero-order chi connectivity index (χ0) is 12.5. The van der Waals surface area contributed by atoms with Crippen LogP contribution in [0.1, 0.15) is 19.8 Å². The van der Waals surface area contributed by atoms with E-state index >= 15 is 0 Å². The van der Waals surface area contributed by atoms with Crippen LogP contribution in [-0.4, -0.2) is 59.9 Å². The number of carbonyl (C=O) groups is 2. The third-order valence-electron chi connectivity index (χ3n) is 3.46. The molecule has 6 nitrogen and oxygen atoms in total. The van der Waals surface area contributed by atoms with E-state index < -0.39 is 17.6 Å². The smallest absolute Gasteiger partial charge is 0.329 e. The lowest BCUT2D eigenvalue weighted by Crippen LogP contribution is -2.55. The minimum Gasteiger partial charge on any atom is -0.480 e. The van der Waals surface area contributed by atoms with Crippen LogP contribution in [0.15, 0.2) is 0 Å². The highest BCUT2D eigenvalue weighted by Crippen LogP contribution is 2.30. The van der Waals surface area contributed by atoms with Gasteiger partial charge in [-0.1, -0.05) is 0 Å². The van der Waals surface area contributed by atoms with Crippen LogP contribution in [0.3, 0.4) is 0 Å². The summed E-state index contributed by atoms with van der Waals surface area (Å²) in [5.41, 5.74) is -1.10. The summed E-state index contributed by atoms with van der Waals surface area (Å²) < 4.78 is 10.5. The minimum atomic E-state index is -1.10. The highest BCUT2D eigenvalue weighted by atomic mass is 16.6. The average Bonchev–Trinajstić information content (AvgIpc) is 2.73. The standard InChI is InChI=1S/C11H17NO5/c1-11(10(14)15)3-2-4-12(11)9(13)8-7-16-5-6-17-8/h8H,2-7H2,1H3,(H,14,15). The molecular weight excluding hydrogens is 226 g/mol. The van der Waals surface area contributed by atoms with Crippen molar-refractivity contribution in [1.29, 1.82) is 0 Å². The SMILES string of the molecule is CC1(C(=O)O)CCCN1C(=O)C1COCCO1. The second-order valence-corrected chi connectivity index (χ2v) is 4.61. The summed E-state index contributed by atoms with van der Waals surface area (Å²) in [4.78, 5) is 24.8. The Labute approximate surface area is 99.5 Å². The van der Waals surface area contributed by atoms with Crippen LogP contribution < -0.4 is 0 Å². The van der Waals surface area contributed by atoms with Gasteiger partial charge in [0.05, 0.1) is 19.8 Å². The van der Waals surface area contributed by atoms with Crippen molar-refractivity contribution in [3.8, 4) is 0 Å². The molecule has 1 amide bonds. The second kappa shape index (κ2) is 4.62. The van der Waals surface area contributed by atoms with E-state index in [1.165, 1.54) is 4.90 Å². The molecule has 2 unspecified atom stereocenters. The number of hydrogen-bond acceptors (Lipinski definition) is 4. The predicted octanol–water partition coefficient (Wildman–Crippen LogP) is -0.132. The molecule has 0 aliphatic carbocycles. The molecule has 0 aromatic rings. The van der Waals surface area contributed by atoms with Crippen molar-refractivity contribution >= 4 is 11.9 Å².